The fourth-order valence-electron chi connectivity index (χ4n) is 2.33. The Kier molecular flexibility index (Phi) is 6.81. The molecular weight excluding hydrogens is 243 g/mol. The van der Waals surface area contributed by atoms with Gasteiger partial charge in [-0.15, -0.1) is 0 Å². The van der Waals surface area contributed by atoms with Crippen LogP contribution < -0.4 is 10.6 Å². The normalized spacial score (nSPS) is 11.1. The number of benzene rings is 1. The lowest BCUT2D eigenvalue weighted by Crippen LogP contribution is -2.37. The van der Waals surface area contributed by atoms with Crippen molar-refractivity contribution in [1.82, 2.24) is 0 Å². The molecule has 0 saturated heterocycles. The molecule has 2 N–H and O–H groups in total. The second-order valence-electron chi connectivity index (χ2n) is 4.65. The Hall–Kier alpha value is -1.13. The highest BCUT2D eigenvalue weighted by molar-refractivity contribution is 5.50. The molecule has 0 bridgehead atoms. The summed E-state index contributed by atoms with van der Waals surface area (Å²) in [6, 6.07) is 5.57. The van der Waals surface area contributed by atoms with Crippen molar-refractivity contribution >= 4 is 5.69 Å². The first kappa shape index (κ1) is 15.9. The fourth-order valence-corrected chi connectivity index (χ4v) is 2.33. The minimum Gasteiger partial charge on any atom is -0.383 e. The Morgan fingerprint density at radius 2 is 2.00 bits per heavy atom. The topological polar surface area (TPSA) is 38.5 Å². The van der Waals surface area contributed by atoms with E-state index in [1.54, 1.807) is 7.11 Å². The highest BCUT2D eigenvalue weighted by Gasteiger charge is 2.18. The summed E-state index contributed by atoms with van der Waals surface area (Å²) in [6.45, 7) is 5.90. The van der Waals surface area contributed by atoms with Crippen molar-refractivity contribution in [2.24, 2.45) is 5.73 Å². The second-order valence-corrected chi connectivity index (χ2v) is 4.65. The van der Waals surface area contributed by atoms with Crippen LogP contribution >= 0.6 is 0 Å². The third-order valence-corrected chi connectivity index (χ3v) is 3.48. The van der Waals surface area contributed by atoms with Gasteiger partial charge in [-0.25, -0.2) is 4.39 Å². The maximum Gasteiger partial charge on any atom is 0.146 e. The SMILES string of the molecule is CCC(CC)N(CCOC)c1ccc(CN)cc1F. The van der Waals surface area contributed by atoms with E-state index >= 15 is 0 Å². The Morgan fingerprint density at radius 1 is 1.32 bits per heavy atom. The Morgan fingerprint density at radius 3 is 2.47 bits per heavy atom. The third-order valence-electron chi connectivity index (χ3n) is 3.48. The number of ether oxygens (including phenoxy) is 1. The monoisotopic (exact) mass is 268 g/mol. The summed E-state index contributed by atoms with van der Waals surface area (Å²) in [4.78, 5) is 2.10. The van der Waals surface area contributed by atoms with Gasteiger partial charge >= 0.3 is 0 Å². The standard InChI is InChI=1S/C15H25FN2O/c1-4-13(5-2)18(8-9-19-3)15-7-6-12(11-17)10-14(15)16/h6-7,10,13H,4-5,8-9,11,17H2,1-3H3. The van der Waals surface area contributed by atoms with E-state index in [1.165, 1.54) is 6.07 Å². The highest BCUT2D eigenvalue weighted by atomic mass is 19.1. The van der Waals surface area contributed by atoms with Crippen molar-refractivity contribution in [1.29, 1.82) is 0 Å². The van der Waals surface area contributed by atoms with Crippen molar-refractivity contribution in [2.75, 3.05) is 25.2 Å². The van der Waals surface area contributed by atoms with Crippen LogP contribution in [-0.4, -0.2) is 26.3 Å². The first-order chi connectivity index (χ1) is 9.17. The molecule has 1 aromatic carbocycles. The molecule has 0 spiro atoms. The number of rotatable bonds is 8. The lowest BCUT2D eigenvalue weighted by molar-refractivity contribution is 0.202. The molecule has 1 rings (SSSR count). The maximum absolute atomic E-state index is 14.2. The van der Waals surface area contributed by atoms with Gasteiger partial charge in [0.1, 0.15) is 5.82 Å². The van der Waals surface area contributed by atoms with Crippen LogP contribution in [-0.2, 0) is 11.3 Å². The number of nitrogens with zero attached hydrogens (tertiary/aromatic N) is 1. The minimum atomic E-state index is -0.203. The van der Waals surface area contributed by atoms with E-state index in [1.807, 2.05) is 12.1 Å². The van der Waals surface area contributed by atoms with Crippen LogP contribution in [0.1, 0.15) is 32.3 Å². The third kappa shape index (κ3) is 4.18. The summed E-state index contributed by atoms with van der Waals surface area (Å²) in [5.41, 5.74) is 7.00. The molecule has 0 atom stereocenters. The number of anilines is 1. The van der Waals surface area contributed by atoms with Gasteiger partial charge in [0, 0.05) is 26.2 Å². The van der Waals surface area contributed by atoms with Gasteiger partial charge in [-0.05, 0) is 30.5 Å². The summed E-state index contributed by atoms with van der Waals surface area (Å²) in [5, 5.41) is 0. The zero-order valence-corrected chi connectivity index (χ0v) is 12.2. The van der Waals surface area contributed by atoms with E-state index in [0.29, 0.717) is 31.4 Å². The van der Waals surface area contributed by atoms with Crippen LogP contribution in [0, 0.1) is 5.82 Å². The Labute approximate surface area is 115 Å². The van der Waals surface area contributed by atoms with E-state index < -0.39 is 0 Å². The molecule has 108 valence electrons. The molecule has 0 unspecified atom stereocenters. The molecule has 19 heavy (non-hydrogen) atoms. The smallest absolute Gasteiger partial charge is 0.146 e. The molecule has 3 nitrogen and oxygen atoms in total. The molecule has 0 heterocycles. The molecule has 0 aromatic heterocycles. The predicted molar refractivity (Wildman–Crippen MR) is 77.9 cm³/mol. The van der Waals surface area contributed by atoms with Crippen LogP contribution in [0.2, 0.25) is 0 Å². The number of methoxy groups -OCH3 is 1. The van der Waals surface area contributed by atoms with Crippen LogP contribution in [0.5, 0.6) is 0 Å². The molecule has 0 aliphatic rings. The summed E-state index contributed by atoms with van der Waals surface area (Å²) in [7, 11) is 1.67. The molecule has 0 aliphatic heterocycles. The van der Waals surface area contributed by atoms with Crippen molar-refractivity contribution in [3.63, 3.8) is 0 Å². The van der Waals surface area contributed by atoms with E-state index in [4.69, 9.17) is 10.5 Å². The van der Waals surface area contributed by atoms with Gasteiger partial charge < -0.3 is 15.4 Å². The quantitative estimate of drug-likeness (QED) is 0.788. The zero-order valence-electron chi connectivity index (χ0n) is 12.2. The highest BCUT2D eigenvalue weighted by Crippen LogP contribution is 2.24. The summed E-state index contributed by atoms with van der Waals surface area (Å²) in [6.07, 6.45) is 1.97. The Bertz CT molecular complexity index is 380. The van der Waals surface area contributed by atoms with Gasteiger partial charge in [0.05, 0.1) is 12.3 Å². The lowest BCUT2D eigenvalue weighted by atomic mass is 10.1. The van der Waals surface area contributed by atoms with Crippen LogP contribution in [0.25, 0.3) is 0 Å². The molecule has 0 amide bonds. The number of halogens is 1. The van der Waals surface area contributed by atoms with Gasteiger partial charge in [0.15, 0.2) is 0 Å². The van der Waals surface area contributed by atoms with Crippen molar-refractivity contribution in [3.05, 3.63) is 29.6 Å². The van der Waals surface area contributed by atoms with Crippen LogP contribution in [0.15, 0.2) is 18.2 Å². The Balaban J connectivity index is 3.01. The van der Waals surface area contributed by atoms with Crippen molar-refractivity contribution in [3.8, 4) is 0 Å². The van der Waals surface area contributed by atoms with E-state index in [0.717, 1.165) is 18.4 Å². The molecule has 1 aromatic rings. The molecular formula is C15H25FN2O. The van der Waals surface area contributed by atoms with Crippen LogP contribution in [0.3, 0.4) is 0 Å². The summed E-state index contributed by atoms with van der Waals surface area (Å²) >= 11 is 0. The number of nitrogens with two attached hydrogens (primary N) is 1. The molecule has 4 heteroatoms. The average molecular weight is 268 g/mol. The van der Waals surface area contributed by atoms with E-state index in [9.17, 15) is 4.39 Å². The van der Waals surface area contributed by atoms with Gasteiger partial charge in [0.2, 0.25) is 0 Å². The minimum absolute atomic E-state index is 0.203. The number of hydrogen-bond donors (Lipinski definition) is 1. The summed E-state index contributed by atoms with van der Waals surface area (Å²) in [5.74, 6) is -0.203. The number of hydrogen-bond acceptors (Lipinski definition) is 3. The molecule has 0 fully saturated rings. The largest absolute Gasteiger partial charge is 0.383 e. The molecule has 0 radical (unpaired) electrons. The van der Waals surface area contributed by atoms with Crippen molar-refractivity contribution in [2.45, 2.75) is 39.3 Å². The average Bonchev–Trinajstić information content (AvgIpc) is 2.44. The van der Waals surface area contributed by atoms with Crippen molar-refractivity contribution < 1.29 is 9.13 Å². The predicted octanol–water partition coefficient (Wildman–Crippen LogP) is 2.93. The van der Waals surface area contributed by atoms with Gasteiger partial charge in [-0.1, -0.05) is 19.9 Å². The molecule has 0 aliphatic carbocycles. The zero-order chi connectivity index (χ0) is 14.3. The van der Waals surface area contributed by atoms with Gasteiger partial charge in [0.25, 0.3) is 0 Å². The van der Waals surface area contributed by atoms with E-state index in [-0.39, 0.29) is 5.82 Å². The first-order valence-corrected chi connectivity index (χ1v) is 6.91. The van der Waals surface area contributed by atoms with E-state index in [2.05, 4.69) is 18.7 Å². The van der Waals surface area contributed by atoms with Crippen LogP contribution in [0.4, 0.5) is 10.1 Å². The van der Waals surface area contributed by atoms with Gasteiger partial charge in [-0.2, -0.15) is 0 Å². The molecule has 0 saturated carbocycles. The summed E-state index contributed by atoms with van der Waals surface area (Å²) < 4.78 is 19.3. The van der Waals surface area contributed by atoms with Gasteiger partial charge in [-0.3, -0.25) is 0 Å². The second kappa shape index (κ2) is 8.12. The first-order valence-electron chi connectivity index (χ1n) is 6.91. The maximum atomic E-state index is 14.2. The fraction of sp³-hybridized carbons (Fsp3) is 0.600. The lowest BCUT2D eigenvalue weighted by Gasteiger charge is -2.33.